The SMILES string of the molecule is Cc1cc(NC2=CC(c3ccc(Br)cc3)OC2=O)no1. The van der Waals surface area contributed by atoms with Gasteiger partial charge in [0.2, 0.25) is 0 Å². The molecule has 1 aromatic carbocycles. The number of esters is 1. The molecule has 0 saturated heterocycles. The Kier molecular flexibility index (Phi) is 3.31. The zero-order valence-electron chi connectivity index (χ0n) is 10.6. The van der Waals surface area contributed by atoms with Gasteiger partial charge in [-0.2, -0.15) is 0 Å². The van der Waals surface area contributed by atoms with E-state index in [2.05, 4.69) is 26.4 Å². The van der Waals surface area contributed by atoms with E-state index >= 15 is 0 Å². The summed E-state index contributed by atoms with van der Waals surface area (Å²) < 4.78 is 11.2. The minimum absolute atomic E-state index is 0.367. The molecule has 1 N–H and O–H groups in total. The first-order valence-corrected chi connectivity index (χ1v) is 6.80. The summed E-state index contributed by atoms with van der Waals surface area (Å²) in [5.41, 5.74) is 1.28. The van der Waals surface area contributed by atoms with Crippen molar-refractivity contribution in [3.8, 4) is 0 Å². The van der Waals surface area contributed by atoms with Crippen LogP contribution in [0.25, 0.3) is 0 Å². The fourth-order valence-electron chi connectivity index (χ4n) is 1.90. The van der Waals surface area contributed by atoms with Gasteiger partial charge in [0.05, 0.1) is 0 Å². The van der Waals surface area contributed by atoms with Crippen LogP contribution in [0, 0.1) is 6.92 Å². The van der Waals surface area contributed by atoms with E-state index in [-0.39, 0.29) is 6.10 Å². The van der Waals surface area contributed by atoms with E-state index in [1.165, 1.54) is 0 Å². The standard InChI is InChI=1S/C14H11BrN2O3/c1-8-6-13(17-20-8)16-11-7-12(19-14(11)18)9-2-4-10(15)5-3-9/h2-7,12H,1H3,(H,16,17). The van der Waals surface area contributed by atoms with E-state index < -0.39 is 5.97 Å². The van der Waals surface area contributed by atoms with Crippen LogP contribution in [0.3, 0.4) is 0 Å². The number of nitrogens with one attached hydrogen (secondary N) is 1. The molecule has 20 heavy (non-hydrogen) atoms. The van der Waals surface area contributed by atoms with E-state index in [1.54, 1.807) is 19.1 Å². The summed E-state index contributed by atoms with van der Waals surface area (Å²) in [4.78, 5) is 11.8. The normalized spacial score (nSPS) is 17.8. The molecule has 0 saturated carbocycles. The molecule has 1 unspecified atom stereocenters. The molecule has 1 aliphatic heterocycles. The molecular formula is C14H11BrN2O3. The molecule has 6 heteroatoms. The number of carbonyl (C=O) groups excluding carboxylic acids is 1. The van der Waals surface area contributed by atoms with E-state index in [1.807, 2.05) is 24.3 Å². The molecule has 5 nitrogen and oxygen atoms in total. The lowest BCUT2D eigenvalue weighted by molar-refractivity contribution is -0.139. The summed E-state index contributed by atoms with van der Waals surface area (Å²) >= 11 is 3.37. The number of anilines is 1. The van der Waals surface area contributed by atoms with Gasteiger partial charge < -0.3 is 14.6 Å². The number of halogens is 1. The first-order chi connectivity index (χ1) is 9.61. The highest BCUT2D eigenvalue weighted by Crippen LogP contribution is 2.29. The Hall–Kier alpha value is -2.08. The van der Waals surface area contributed by atoms with Gasteiger partial charge in [0.25, 0.3) is 0 Å². The second kappa shape index (κ2) is 5.13. The van der Waals surface area contributed by atoms with Crippen molar-refractivity contribution in [2.75, 3.05) is 5.32 Å². The Morgan fingerprint density at radius 2 is 2.05 bits per heavy atom. The van der Waals surface area contributed by atoms with Crippen molar-refractivity contribution in [1.29, 1.82) is 0 Å². The molecule has 0 amide bonds. The molecule has 1 aliphatic rings. The highest BCUT2D eigenvalue weighted by Gasteiger charge is 2.27. The quantitative estimate of drug-likeness (QED) is 0.872. The lowest BCUT2D eigenvalue weighted by atomic mass is 10.1. The maximum absolute atomic E-state index is 11.8. The summed E-state index contributed by atoms with van der Waals surface area (Å²) in [5.74, 6) is 0.754. The van der Waals surface area contributed by atoms with Crippen LogP contribution in [-0.4, -0.2) is 11.1 Å². The molecule has 0 fully saturated rings. The highest BCUT2D eigenvalue weighted by molar-refractivity contribution is 9.10. The molecule has 1 aromatic heterocycles. The van der Waals surface area contributed by atoms with Crippen LogP contribution in [0.1, 0.15) is 17.4 Å². The highest BCUT2D eigenvalue weighted by atomic mass is 79.9. The zero-order chi connectivity index (χ0) is 14.1. The molecule has 1 atom stereocenters. The number of ether oxygens (including phenoxy) is 1. The Morgan fingerprint density at radius 1 is 1.30 bits per heavy atom. The van der Waals surface area contributed by atoms with Crippen molar-refractivity contribution >= 4 is 27.7 Å². The summed E-state index contributed by atoms with van der Waals surface area (Å²) in [7, 11) is 0. The summed E-state index contributed by atoms with van der Waals surface area (Å²) in [6, 6.07) is 9.33. The largest absolute Gasteiger partial charge is 0.448 e. The molecule has 3 rings (SSSR count). The zero-order valence-corrected chi connectivity index (χ0v) is 12.2. The third-order valence-corrected chi connectivity index (χ3v) is 3.39. The number of cyclic esters (lactones) is 1. The van der Waals surface area contributed by atoms with Crippen LogP contribution in [-0.2, 0) is 9.53 Å². The average molecular weight is 335 g/mol. The molecule has 2 aromatic rings. The predicted molar refractivity (Wildman–Crippen MR) is 75.9 cm³/mol. The first-order valence-electron chi connectivity index (χ1n) is 6.00. The van der Waals surface area contributed by atoms with E-state index in [9.17, 15) is 4.79 Å². The van der Waals surface area contributed by atoms with Crippen LogP contribution in [0.4, 0.5) is 5.82 Å². The minimum atomic E-state index is -0.404. The fourth-order valence-corrected chi connectivity index (χ4v) is 2.17. The average Bonchev–Trinajstić information content (AvgIpc) is 2.98. The topological polar surface area (TPSA) is 64.4 Å². The van der Waals surface area contributed by atoms with Crippen molar-refractivity contribution in [3.63, 3.8) is 0 Å². The van der Waals surface area contributed by atoms with Crippen molar-refractivity contribution in [3.05, 3.63) is 57.9 Å². The minimum Gasteiger partial charge on any atom is -0.448 e. The number of rotatable bonds is 3. The lowest BCUT2D eigenvalue weighted by Crippen LogP contribution is -2.08. The number of aryl methyl sites for hydroxylation is 1. The van der Waals surface area contributed by atoms with Gasteiger partial charge in [0.1, 0.15) is 17.6 Å². The lowest BCUT2D eigenvalue weighted by Gasteiger charge is -2.07. The smallest absolute Gasteiger partial charge is 0.355 e. The van der Waals surface area contributed by atoms with Gasteiger partial charge in [-0.15, -0.1) is 0 Å². The third kappa shape index (κ3) is 2.60. The molecule has 0 aliphatic carbocycles. The van der Waals surface area contributed by atoms with E-state index in [0.29, 0.717) is 17.3 Å². The number of nitrogens with zero attached hydrogens (tertiary/aromatic N) is 1. The van der Waals surface area contributed by atoms with Crippen molar-refractivity contribution in [1.82, 2.24) is 5.16 Å². The van der Waals surface area contributed by atoms with Crippen LogP contribution in [0.5, 0.6) is 0 Å². The van der Waals surface area contributed by atoms with Gasteiger partial charge in [-0.1, -0.05) is 33.2 Å². The monoisotopic (exact) mass is 334 g/mol. The number of carbonyl (C=O) groups is 1. The number of benzene rings is 1. The summed E-state index contributed by atoms with van der Waals surface area (Å²) in [5, 5.41) is 6.68. The second-order valence-electron chi connectivity index (χ2n) is 4.41. The van der Waals surface area contributed by atoms with E-state index in [4.69, 9.17) is 9.26 Å². The number of hydrogen-bond donors (Lipinski definition) is 1. The van der Waals surface area contributed by atoms with Gasteiger partial charge in [0, 0.05) is 10.5 Å². The van der Waals surface area contributed by atoms with Crippen molar-refractivity contribution in [2.24, 2.45) is 0 Å². The Balaban J connectivity index is 1.79. The van der Waals surface area contributed by atoms with Crippen LogP contribution in [0.15, 0.2) is 51.1 Å². The number of aromatic nitrogens is 1. The molecule has 0 spiro atoms. The van der Waals surface area contributed by atoms with Gasteiger partial charge in [-0.25, -0.2) is 4.79 Å². The number of hydrogen-bond acceptors (Lipinski definition) is 5. The third-order valence-electron chi connectivity index (χ3n) is 2.86. The van der Waals surface area contributed by atoms with Gasteiger partial charge >= 0.3 is 5.97 Å². The van der Waals surface area contributed by atoms with Crippen LogP contribution < -0.4 is 5.32 Å². The maximum Gasteiger partial charge on any atom is 0.355 e. The Labute approximate surface area is 123 Å². The van der Waals surface area contributed by atoms with E-state index in [0.717, 1.165) is 10.0 Å². The van der Waals surface area contributed by atoms with Gasteiger partial charge in [-0.3, -0.25) is 0 Å². The van der Waals surface area contributed by atoms with Crippen LogP contribution >= 0.6 is 15.9 Å². The molecule has 2 heterocycles. The van der Waals surface area contributed by atoms with Crippen LogP contribution in [0.2, 0.25) is 0 Å². The second-order valence-corrected chi connectivity index (χ2v) is 5.32. The van der Waals surface area contributed by atoms with Gasteiger partial charge in [0.15, 0.2) is 5.82 Å². The van der Waals surface area contributed by atoms with Crippen molar-refractivity contribution < 1.29 is 14.1 Å². The molecule has 102 valence electrons. The Bertz CT molecular complexity index is 676. The first kappa shape index (κ1) is 12.9. The summed E-state index contributed by atoms with van der Waals surface area (Å²) in [6.07, 6.45) is 1.35. The Morgan fingerprint density at radius 3 is 2.70 bits per heavy atom. The molecular weight excluding hydrogens is 324 g/mol. The summed E-state index contributed by atoms with van der Waals surface area (Å²) in [6.45, 7) is 1.78. The molecule has 0 bridgehead atoms. The van der Waals surface area contributed by atoms with Crippen molar-refractivity contribution in [2.45, 2.75) is 13.0 Å². The molecule has 0 radical (unpaired) electrons. The van der Waals surface area contributed by atoms with Gasteiger partial charge in [-0.05, 0) is 30.7 Å². The fraction of sp³-hybridized carbons (Fsp3) is 0.143. The predicted octanol–water partition coefficient (Wildman–Crippen LogP) is 3.34. The maximum atomic E-state index is 11.8.